The lowest BCUT2D eigenvalue weighted by atomic mass is 10.1. The quantitative estimate of drug-likeness (QED) is 0.312. The number of hydrogen-bond donors (Lipinski definition) is 1. The van der Waals surface area contributed by atoms with Gasteiger partial charge in [0, 0.05) is 6.92 Å². The van der Waals surface area contributed by atoms with Crippen LogP contribution in [0.15, 0.2) is 42.5 Å². The third kappa shape index (κ3) is 10.6. The summed E-state index contributed by atoms with van der Waals surface area (Å²) >= 11 is 0. The fourth-order valence-corrected chi connectivity index (χ4v) is 2.68. The zero-order chi connectivity index (χ0) is 18.3. The van der Waals surface area contributed by atoms with E-state index in [0.717, 1.165) is 24.0 Å². The molecule has 1 atom stereocenters. The van der Waals surface area contributed by atoms with Crippen LogP contribution in [0.1, 0.15) is 69.9 Å². The maximum Gasteiger partial charge on any atom is 0.303 e. The Morgan fingerprint density at radius 3 is 2.64 bits per heavy atom. The highest BCUT2D eigenvalue weighted by molar-refractivity contribution is 5.66. The van der Waals surface area contributed by atoms with Gasteiger partial charge in [0.05, 0.1) is 6.61 Å². The molecule has 0 amide bonds. The van der Waals surface area contributed by atoms with Crippen LogP contribution in [0.2, 0.25) is 0 Å². The largest absolute Gasteiger partial charge is 0.458 e. The molecule has 0 radical (unpaired) electrons. The van der Waals surface area contributed by atoms with Crippen molar-refractivity contribution in [3.63, 3.8) is 0 Å². The van der Waals surface area contributed by atoms with Gasteiger partial charge in [-0.05, 0) is 36.1 Å². The zero-order valence-electron chi connectivity index (χ0n) is 15.6. The van der Waals surface area contributed by atoms with E-state index < -0.39 is 0 Å². The summed E-state index contributed by atoms with van der Waals surface area (Å²) in [6, 6.07) is 7.76. The number of unbranched alkanes of at least 4 members (excludes halogenated alkanes) is 5. The van der Waals surface area contributed by atoms with Gasteiger partial charge in [0.2, 0.25) is 0 Å². The Morgan fingerprint density at radius 2 is 1.92 bits per heavy atom. The minimum absolute atomic E-state index is 0.0459. The second kappa shape index (κ2) is 13.4. The Kier molecular flexibility index (Phi) is 11.4. The maximum absolute atomic E-state index is 11.3. The predicted octanol–water partition coefficient (Wildman–Crippen LogP) is 5.43. The van der Waals surface area contributed by atoms with Gasteiger partial charge >= 0.3 is 5.97 Å². The molecule has 3 heteroatoms. The first-order chi connectivity index (χ1) is 12.2. The van der Waals surface area contributed by atoms with Gasteiger partial charge in [0.15, 0.2) is 0 Å². The van der Waals surface area contributed by atoms with Crippen molar-refractivity contribution in [1.82, 2.24) is 0 Å². The van der Waals surface area contributed by atoms with Crippen LogP contribution in [-0.4, -0.2) is 17.2 Å². The zero-order valence-corrected chi connectivity index (χ0v) is 15.6. The Hall–Kier alpha value is -1.87. The van der Waals surface area contributed by atoms with Crippen molar-refractivity contribution in [3.05, 3.63) is 53.6 Å². The SMILES string of the molecule is CCCCCCCCC(/C=C/C=C/c1cccc(CO)c1)OC(C)=O. The minimum Gasteiger partial charge on any atom is -0.458 e. The molecule has 0 aliphatic heterocycles. The minimum atomic E-state index is -0.236. The van der Waals surface area contributed by atoms with Crippen LogP contribution in [0.3, 0.4) is 0 Å². The van der Waals surface area contributed by atoms with Gasteiger partial charge in [0.1, 0.15) is 6.10 Å². The first kappa shape index (κ1) is 21.2. The average Bonchev–Trinajstić information content (AvgIpc) is 2.61. The molecule has 0 bridgehead atoms. The summed E-state index contributed by atoms with van der Waals surface area (Å²) in [5, 5.41) is 9.15. The van der Waals surface area contributed by atoms with Crippen molar-refractivity contribution < 1.29 is 14.6 Å². The van der Waals surface area contributed by atoms with Gasteiger partial charge in [-0.1, -0.05) is 75.5 Å². The molecule has 1 unspecified atom stereocenters. The molecular formula is C22H32O3. The van der Waals surface area contributed by atoms with Crippen LogP contribution in [0.4, 0.5) is 0 Å². The first-order valence-corrected chi connectivity index (χ1v) is 9.37. The smallest absolute Gasteiger partial charge is 0.303 e. The monoisotopic (exact) mass is 344 g/mol. The molecule has 1 aromatic carbocycles. The highest BCUT2D eigenvalue weighted by Gasteiger charge is 2.07. The summed E-state index contributed by atoms with van der Waals surface area (Å²) in [6.07, 6.45) is 15.9. The fraction of sp³-hybridized carbons (Fsp3) is 0.500. The van der Waals surface area contributed by atoms with Crippen LogP contribution >= 0.6 is 0 Å². The summed E-state index contributed by atoms with van der Waals surface area (Å²) in [6.45, 7) is 3.72. The van der Waals surface area contributed by atoms with E-state index in [0.29, 0.717) is 0 Å². The van der Waals surface area contributed by atoms with Gasteiger partial charge in [0.25, 0.3) is 0 Å². The van der Waals surface area contributed by atoms with Crippen LogP contribution in [0, 0.1) is 0 Å². The van der Waals surface area contributed by atoms with Crippen molar-refractivity contribution in [3.8, 4) is 0 Å². The molecule has 0 saturated heterocycles. The van der Waals surface area contributed by atoms with E-state index in [2.05, 4.69) is 6.92 Å². The highest BCUT2D eigenvalue weighted by Crippen LogP contribution is 2.12. The molecule has 0 aromatic heterocycles. The molecule has 3 nitrogen and oxygen atoms in total. The number of benzene rings is 1. The number of aliphatic hydroxyl groups is 1. The van der Waals surface area contributed by atoms with Gasteiger partial charge in [-0.2, -0.15) is 0 Å². The molecule has 138 valence electrons. The van der Waals surface area contributed by atoms with E-state index in [4.69, 9.17) is 9.84 Å². The van der Waals surface area contributed by atoms with Crippen LogP contribution in [0.5, 0.6) is 0 Å². The lowest BCUT2D eigenvalue weighted by molar-refractivity contribution is -0.144. The van der Waals surface area contributed by atoms with E-state index in [9.17, 15) is 4.79 Å². The molecule has 0 saturated carbocycles. The van der Waals surface area contributed by atoms with E-state index in [1.165, 1.54) is 39.0 Å². The van der Waals surface area contributed by atoms with Gasteiger partial charge in [-0.3, -0.25) is 4.79 Å². The Labute approximate surface area is 152 Å². The van der Waals surface area contributed by atoms with Crippen molar-refractivity contribution >= 4 is 12.0 Å². The Bertz CT molecular complexity index is 546. The van der Waals surface area contributed by atoms with Crippen LogP contribution < -0.4 is 0 Å². The summed E-state index contributed by atoms with van der Waals surface area (Å²) in [5.74, 6) is -0.236. The number of rotatable bonds is 12. The number of aliphatic hydroxyl groups excluding tert-OH is 1. The van der Waals surface area contributed by atoms with E-state index >= 15 is 0 Å². The number of hydrogen-bond acceptors (Lipinski definition) is 3. The number of esters is 1. The lowest BCUT2D eigenvalue weighted by Crippen LogP contribution is -2.13. The molecular weight excluding hydrogens is 312 g/mol. The van der Waals surface area contributed by atoms with Gasteiger partial charge in [-0.25, -0.2) is 0 Å². The molecule has 1 aromatic rings. The summed E-state index contributed by atoms with van der Waals surface area (Å²) in [7, 11) is 0. The van der Waals surface area contributed by atoms with E-state index in [1.807, 2.05) is 48.6 Å². The Balaban J connectivity index is 2.45. The molecule has 0 aliphatic rings. The highest BCUT2D eigenvalue weighted by atomic mass is 16.5. The molecule has 0 fully saturated rings. The Morgan fingerprint density at radius 1 is 1.16 bits per heavy atom. The third-order valence-electron chi connectivity index (χ3n) is 4.02. The molecule has 0 aliphatic carbocycles. The summed E-state index contributed by atoms with van der Waals surface area (Å²) < 4.78 is 5.37. The number of carbonyl (C=O) groups is 1. The fourth-order valence-electron chi connectivity index (χ4n) is 2.68. The topological polar surface area (TPSA) is 46.5 Å². The number of carbonyl (C=O) groups excluding carboxylic acids is 1. The maximum atomic E-state index is 11.3. The predicted molar refractivity (Wildman–Crippen MR) is 104 cm³/mol. The van der Waals surface area contributed by atoms with Crippen LogP contribution in [0.25, 0.3) is 6.08 Å². The van der Waals surface area contributed by atoms with Crippen molar-refractivity contribution in [1.29, 1.82) is 0 Å². The molecule has 0 spiro atoms. The number of allylic oxidation sites excluding steroid dienone is 2. The van der Waals surface area contributed by atoms with E-state index in [-0.39, 0.29) is 18.7 Å². The normalized spacial score (nSPS) is 12.8. The first-order valence-electron chi connectivity index (χ1n) is 9.37. The molecule has 1 rings (SSSR count). The average molecular weight is 344 g/mol. The van der Waals surface area contributed by atoms with Crippen molar-refractivity contribution in [2.24, 2.45) is 0 Å². The molecule has 1 N–H and O–H groups in total. The van der Waals surface area contributed by atoms with E-state index in [1.54, 1.807) is 0 Å². The third-order valence-corrected chi connectivity index (χ3v) is 4.02. The summed E-state index contributed by atoms with van der Waals surface area (Å²) in [4.78, 5) is 11.3. The van der Waals surface area contributed by atoms with Crippen molar-refractivity contribution in [2.45, 2.75) is 71.5 Å². The molecule has 0 heterocycles. The molecule has 25 heavy (non-hydrogen) atoms. The van der Waals surface area contributed by atoms with Crippen molar-refractivity contribution in [2.75, 3.05) is 0 Å². The second-order valence-electron chi connectivity index (χ2n) is 6.35. The second-order valence-corrected chi connectivity index (χ2v) is 6.35. The number of ether oxygens (including phenoxy) is 1. The summed E-state index contributed by atoms with van der Waals surface area (Å²) in [5.41, 5.74) is 1.93. The standard InChI is InChI=1S/C22H32O3/c1-3-4-5-6-7-8-15-22(25-19(2)24)16-10-9-12-20-13-11-14-21(17-20)18-23/h9-14,16-17,22-23H,3-8,15,18H2,1-2H3/b12-9+,16-10+. The van der Waals surface area contributed by atoms with Crippen LogP contribution in [-0.2, 0) is 16.1 Å². The lowest BCUT2D eigenvalue weighted by Gasteiger charge is -2.12. The van der Waals surface area contributed by atoms with Gasteiger partial charge < -0.3 is 9.84 Å². The van der Waals surface area contributed by atoms with Gasteiger partial charge in [-0.15, -0.1) is 0 Å².